The molecule has 0 bridgehead atoms. The highest BCUT2D eigenvalue weighted by Gasteiger charge is 2.34. The van der Waals surface area contributed by atoms with Gasteiger partial charge in [0.25, 0.3) is 0 Å². The summed E-state index contributed by atoms with van der Waals surface area (Å²) in [6.45, 7) is 2.04. The van der Waals surface area contributed by atoms with E-state index in [4.69, 9.17) is 5.10 Å². The van der Waals surface area contributed by atoms with Crippen LogP contribution in [0.5, 0.6) is 0 Å². The number of hydrogen-bond donors (Lipinski definition) is 0. The quantitative estimate of drug-likeness (QED) is 0.810. The second-order valence-corrected chi connectivity index (χ2v) is 6.00. The fourth-order valence-corrected chi connectivity index (χ4v) is 3.25. The van der Waals surface area contributed by atoms with Gasteiger partial charge in [-0.1, -0.05) is 17.7 Å². The molecule has 4 rings (SSSR count). The SMILES string of the molecule is Cc1ccc(N2N=C3c4ccncc4CCC3CC2=O)cc1. The van der Waals surface area contributed by atoms with Crippen molar-refractivity contribution in [3.8, 4) is 0 Å². The van der Waals surface area contributed by atoms with Crippen LogP contribution in [0.3, 0.4) is 0 Å². The Morgan fingerprint density at radius 3 is 2.82 bits per heavy atom. The maximum absolute atomic E-state index is 12.5. The summed E-state index contributed by atoms with van der Waals surface area (Å²) >= 11 is 0. The minimum Gasteiger partial charge on any atom is -0.273 e. The fourth-order valence-electron chi connectivity index (χ4n) is 3.25. The van der Waals surface area contributed by atoms with E-state index in [1.165, 1.54) is 11.1 Å². The van der Waals surface area contributed by atoms with Crippen molar-refractivity contribution in [3.63, 3.8) is 0 Å². The van der Waals surface area contributed by atoms with E-state index in [-0.39, 0.29) is 11.8 Å². The van der Waals surface area contributed by atoms with Crippen LogP contribution >= 0.6 is 0 Å². The minimum atomic E-state index is 0.0788. The number of carbonyl (C=O) groups excluding carboxylic acids is 1. The molecule has 1 amide bonds. The van der Waals surface area contributed by atoms with E-state index < -0.39 is 0 Å². The number of fused-ring (bicyclic) bond motifs is 3. The molecule has 2 heterocycles. The number of pyridine rings is 1. The van der Waals surface area contributed by atoms with Crippen molar-refractivity contribution in [1.82, 2.24) is 4.98 Å². The Balaban J connectivity index is 1.80. The number of aromatic nitrogens is 1. The summed E-state index contributed by atoms with van der Waals surface area (Å²) in [6, 6.07) is 9.94. The number of aryl methyl sites for hydroxylation is 2. The highest BCUT2D eigenvalue weighted by Crippen LogP contribution is 2.33. The first-order valence-electron chi connectivity index (χ1n) is 7.64. The third-order valence-electron chi connectivity index (χ3n) is 4.47. The molecule has 1 unspecified atom stereocenters. The Bertz CT molecular complexity index is 764. The molecule has 0 spiro atoms. The van der Waals surface area contributed by atoms with Gasteiger partial charge < -0.3 is 0 Å². The maximum Gasteiger partial charge on any atom is 0.248 e. The lowest BCUT2D eigenvalue weighted by Crippen LogP contribution is -2.39. The predicted molar refractivity (Wildman–Crippen MR) is 85.9 cm³/mol. The van der Waals surface area contributed by atoms with E-state index in [0.29, 0.717) is 6.42 Å². The number of benzene rings is 1. The van der Waals surface area contributed by atoms with E-state index in [1.807, 2.05) is 43.5 Å². The number of hydrazone groups is 1. The van der Waals surface area contributed by atoms with E-state index in [0.717, 1.165) is 29.8 Å². The second-order valence-electron chi connectivity index (χ2n) is 6.00. The van der Waals surface area contributed by atoms with Crippen LogP contribution in [-0.4, -0.2) is 16.6 Å². The first kappa shape index (κ1) is 13.2. The van der Waals surface area contributed by atoms with Gasteiger partial charge in [-0.3, -0.25) is 9.78 Å². The molecule has 22 heavy (non-hydrogen) atoms. The molecule has 1 aliphatic carbocycles. The predicted octanol–water partition coefficient (Wildman–Crippen LogP) is 3.09. The third-order valence-corrected chi connectivity index (χ3v) is 4.47. The molecule has 4 nitrogen and oxygen atoms in total. The molecular formula is C18H17N3O. The van der Waals surface area contributed by atoms with Crippen molar-refractivity contribution in [2.24, 2.45) is 11.0 Å². The second kappa shape index (κ2) is 5.05. The Morgan fingerprint density at radius 2 is 2.00 bits per heavy atom. The van der Waals surface area contributed by atoms with Crippen molar-refractivity contribution in [3.05, 3.63) is 59.4 Å². The lowest BCUT2D eigenvalue weighted by molar-refractivity contribution is -0.119. The summed E-state index contributed by atoms with van der Waals surface area (Å²) in [6.07, 6.45) is 6.21. The van der Waals surface area contributed by atoms with Gasteiger partial charge in [-0.05, 0) is 43.5 Å². The molecule has 2 aliphatic rings. The molecule has 0 saturated heterocycles. The zero-order chi connectivity index (χ0) is 15.1. The van der Waals surface area contributed by atoms with Gasteiger partial charge >= 0.3 is 0 Å². The summed E-state index contributed by atoms with van der Waals surface area (Å²) in [5.41, 5.74) is 5.42. The molecule has 110 valence electrons. The molecule has 1 aromatic heterocycles. The minimum absolute atomic E-state index is 0.0788. The van der Waals surface area contributed by atoms with E-state index in [9.17, 15) is 4.79 Å². The summed E-state index contributed by atoms with van der Waals surface area (Å²) in [4.78, 5) is 16.7. The molecule has 0 radical (unpaired) electrons. The van der Waals surface area contributed by atoms with Gasteiger partial charge in [-0.15, -0.1) is 0 Å². The summed E-state index contributed by atoms with van der Waals surface area (Å²) < 4.78 is 0. The topological polar surface area (TPSA) is 45.6 Å². The number of nitrogens with zero attached hydrogens (tertiary/aromatic N) is 3. The molecular weight excluding hydrogens is 274 g/mol. The Morgan fingerprint density at radius 1 is 1.18 bits per heavy atom. The average Bonchev–Trinajstić information content (AvgIpc) is 2.55. The standard InChI is InChI=1S/C18H17N3O/c1-12-2-6-15(7-3-12)21-17(22)10-13-4-5-14-11-19-9-8-16(14)18(13)20-21/h2-3,6-9,11,13H,4-5,10H2,1H3. The molecule has 2 aromatic rings. The normalized spacial score (nSPS) is 20.2. The summed E-state index contributed by atoms with van der Waals surface area (Å²) in [7, 11) is 0. The van der Waals surface area contributed by atoms with Crippen molar-refractivity contribution in [1.29, 1.82) is 0 Å². The number of amides is 1. The van der Waals surface area contributed by atoms with Crippen LogP contribution in [0.4, 0.5) is 5.69 Å². The molecule has 1 aromatic carbocycles. The lowest BCUT2D eigenvalue weighted by Gasteiger charge is -2.33. The van der Waals surface area contributed by atoms with Crippen molar-refractivity contribution in [2.75, 3.05) is 5.01 Å². The first-order valence-corrected chi connectivity index (χ1v) is 7.64. The third kappa shape index (κ3) is 2.11. The smallest absolute Gasteiger partial charge is 0.248 e. The van der Waals surface area contributed by atoms with Gasteiger partial charge in [0.05, 0.1) is 11.4 Å². The van der Waals surface area contributed by atoms with Crippen LogP contribution < -0.4 is 5.01 Å². The van der Waals surface area contributed by atoms with Crippen molar-refractivity contribution >= 4 is 17.3 Å². The van der Waals surface area contributed by atoms with Gasteiger partial charge in [0.15, 0.2) is 0 Å². The van der Waals surface area contributed by atoms with Crippen LogP contribution in [0.15, 0.2) is 47.8 Å². The summed E-state index contributed by atoms with van der Waals surface area (Å²) in [5, 5.41) is 6.26. The van der Waals surface area contributed by atoms with E-state index >= 15 is 0 Å². The number of anilines is 1. The van der Waals surface area contributed by atoms with Crippen molar-refractivity contribution < 1.29 is 4.79 Å². The van der Waals surface area contributed by atoms with E-state index in [2.05, 4.69) is 4.98 Å². The van der Waals surface area contributed by atoms with Gasteiger partial charge in [0, 0.05) is 30.3 Å². The van der Waals surface area contributed by atoms with Crippen molar-refractivity contribution in [2.45, 2.75) is 26.2 Å². The molecule has 1 aliphatic heterocycles. The van der Waals surface area contributed by atoms with Crippen LogP contribution in [0.25, 0.3) is 0 Å². The van der Waals surface area contributed by atoms with E-state index in [1.54, 1.807) is 11.2 Å². The number of carbonyl (C=O) groups is 1. The van der Waals surface area contributed by atoms with Gasteiger partial charge in [-0.2, -0.15) is 5.10 Å². The Kier molecular flexibility index (Phi) is 3.03. The van der Waals surface area contributed by atoms with Crippen LogP contribution in [-0.2, 0) is 11.2 Å². The van der Waals surface area contributed by atoms with Crippen LogP contribution in [0.2, 0.25) is 0 Å². The average molecular weight is 291 g/mol. The van der Waals surface area contributed by atoms with Crippen LogP contribution in [0.1, 0.15) is 29.5 Å². The molecule has 0 saturated carbocycles. The van der Waals surface area contributed by atoms with Gasteiger partial charge in [0.2, 0.25) is 5.91 Å². The number of rotatable bonds is 1. The Labute approximate surface area is 129 Å². The molecule has 4 heteroatoms. The van der Waals surface area contributed by atoms with Gasteiger partial charge in [-0.25, -0.2) is 5.01 Å². The maximum atomic E-state index is 12.5. The first-order chi connectivity index (χ1) is 10.7. The monoisotopic (exact) mass is 291 g/mol. The lowest BCUT2D eigenvalue weighted by atomic mass is 9.80. The highest BCUT2D eigenvalue weighted by atomic mass is 16.2. The van der Waals surface area contributed by atoms with Crippen LogP contribution in [0, 0.1) is 12.8 Å². The molecule has 0 N–H and O–H groups in total. The molecule has 1 atom stereocenters. The zero-order valence-electron chi connectivity index (χ0n) is 12.5. The fraction of sp³-hybridized carbons (Fsp3) is 0.278. The molecule has 0 fully saturated rings. The Hall–Kier alpha value is -2.49. The largest absolute Gasteiger partial charge is 0.273 e. The summed E-state index contributed by atoms with van der Waals surface area (Å²) in [5.74, 6) is 0.319. The number of hydrogen-bond acceptors (Lipinski definition) is 3. The van der Waals surface area contributed by atoms with Gasteiger partial charge in [0.1, 0.15) is 0 Å². The zero-order valence-corrected chi connectivity index (χ0v) is 12.5. The highest BCUT2D eigenvalue weighted by molar-refractivity contribution is 6.11.